The van der Waals surface area contributed by atoms with Gasteiger partial charge in [0.15, 0.2) is 0 Å². The molecule has 2 unspecified atom stereocenters. The maximum atomic E-state index is 10.2. The lowest BCUT2D eigenvalue weighted by Crippen LogP contribution is -2.18. The molecule has 2 nitrogen and oxygen atoms in total. The van der Waals surface area contributed by atoms with E-state index in [1.54, 1.807) is 7.11 Å². The molecule has 0 radical (unpaired) electrons. The van der Waals surface area contributed by atoms with Gasteiger partial charge in [-0.3, -0.25) is 0 Å². The van der Waals surface area contributed by atoms with Crippen LogP contribution < -0.4 is 0 Å². The second-order valence-corrected chi connectivity index (χ2v) is 3.72. The highest BCUT2D eigenvalue weighted by atomic mass is 16.5. The molecule has 12 heavy (non-hydrogen) atoms. The van der Waals surface area contributed by atoms with Crippen LogP contribution in [0, 0.1) is 11.8 Å². The van der Waals surface area contributed by atoms with Gasteiger partial charge in [0.05, 0.1) is 6.10 Å². The fourth-order valence-corrected chi connectivity index (χ4v) is 1.08. The van der Waals surface area contributed by atoms with Crippen molar-refractivity contribution in [2.45, 2.75) is 39.7 Å². The van der Waals surface area contributed by atoms with E-state index in [4.69, 9.17) is 4.74 Å². The Hall–Kier alpha value is -0.370. The Kier molecular flexibility index (Phi) is 5.99. The Balaban J connectivity index is 3.75. The monoisotopic (exact) mass is 172 g/mol. The minimum atomic E-state index is 0.111. The van der Waals surface area contributed by atoms with E-state index in [1.165, 1.54) is 0 Å². The molecular weight excluding hydrogens is 152 g/mol. The van der Waals surface area contributed by atoms with Gasteiger partial charge in [-0.1, -0.05) is 20.8 Å². The Bertz CT molecular complexity index is 121. The molecular formula is C10H20O2. The van der Waals surface area contributed by atoms with E-state index < -0.39 is 0 Å². The summed E-state index contributed by atoms with van der Waals surface area (Å²) in [6.07, 6.45) is 2.54. The van der Waals surface area contributed by atoms with Crippen molar-refractivity contribution in [1.29, 1.82) is 0 Å². The molecule has 2 atom stereocenters. The summed E-state index contributed by atoms with van der Waals surface area (Å²) in [5.41, 5.74) is 0. The van der Waals surface area contributed by atoms with Gasteiger partial charge in [-0.25, -0.2) is 0 Å². The SMILES string of the molecule is COC(CC=O)CC(C)C(C)C. The molecule has 72 valence electrons. The Labute approximate surface area is 75.3 Å². The third-order valence-electron chi connectivity index (χ3n) is 2.47. The minimum Gasteiger partial charge on any atom is -0.381 e. The lowest BCUT2D eigenvalue weighted by Gasteiger charge is -2.20. The van der Waals surface area contributed by atoms with Gasteiger partial charge >= 0.3 is 0 Å². The van der Waals surface area contributed by atoms with Crippen LogP contribution in [0.2, 0.25) is 0 Å². The number of hydrogen-bond donors (Lipinski definition) is 0. The Morgan fingerprint density at radius 1 is 1.33 bits per heavy atom. The Morgan fingerprint density at radius 2 is 1.92 bits per heavy atom. The van der Waals surface area contributed by atoms with E-state index in [0.717, 1.165) is 12.7 Å². The first-order valence-corrected chi connectivity index (χ1v) is 4.58. The van der Waals surface area contributed by atoms with Gasteiger partial charge in [0, 0.05) is 13.5 Å². The average molecular weight is 172 g/mol. The predicted octanol–water partition coefficient (Wildman–Crippen LogP) is 2.27. The van der Waals surface area contributed by atoms with Crippen LogP contribution in [0.1, 0.15) is 33.6 Å². The number of hydrogen-bond acceptors (Lipinski definition) is 2. The van der Waals surface area contributed by atoms with E-state index in [0.29, 0.717) is 18.3 Å². The topological polar surface area (TPSA) is 26.3 Å². The number of methoxy groups -OCH3 is 1. The molecule has 0 rings (SSSR count). The Morgan fingerprint density at radius 3 is 2.25 bits per heavy atom. The fourth-order valence-electron chi connectivity index (χ4n) is 1.08. The zero-order valence-corrected chi connectivity index (χ0v) is 8.54. The molecule has 0 aliphatic carbocycles. The second-order valence-electron chi connectivity index (χ2n) is 3.72. The van der Waals surface area contributed by atoms with Crippen LogP contribution in [-0.4, -0.2) is 19.5 Å². The molecule has 0 saturated carbocycles. The fraction of sp³-hybridized carbons (Fsp3) is 0.900. The zero-order chi connectivity index (χ0) is 9.56. The third kappa shape index (κ3) is 4.50. The summed E-state index contributed by atoms with van der Waals surface area (Å²) in [4.78, 5) is 10.2. The molecule has 0 amide bonds. The van der Waals surface area contributed by atoms with Crippen molar-refractivity contribution in [3.8, 4) is 0 Å². The molecule has 0 aromatic carbocycles. The van der Waals surface area contributed by atoms with E-state index in [2.05, 4.69) is 20.8 Å². The van der Waals surface area contributed by atoms with Crippen molar-refractivity contribution < 1.29 is 9.53 Å². The van der Waals surface area contributed by atoms with Crippen LogP contribution in [0.5, 0.6) is 0 Å². The highest BCUT2D eigenvalue weighted by Crippen LogP contribution is 2.18. The van der Waals surface area contributed by atoms with Crippen molar-refractivity contribution >= 4 is 6.29 Å². The summed E-state index contributed by atoms with van der Waals surface area (Å²) >= 11 is 0. The van der Waals surface area contributed by atoms with Crippen LogP contribution in [0.4, 0.5) is 0 Å². The van der Waals surface area contributed by atoms with Crippen LogP contribution in [0.15, 0.2) is 0 Å². The number of carbonyl (C=O) groups is 1. The number of ether oxygens (including phenoxy) is 1. The van der Waals surface area contributed by atoms with E-state index >= 15 is 0 Å². The number of carbonyl (C=O) groups excluding carboxylic acids is 1. The van der Waals surface area contributed by atoms with Gasteiger partial charge in [0.1, 0.15) is 6.29 Å². The summed E-state index contributed by atoms with van der Waals surface area (Å²) in [5.74, 6) is 1.28. The molecule has 0 aromatic rings. The molecule has 0 N–H and O–H groups in total. The average Bonchev–Trinajstić information content (AvgIpc) is 2.03. The van der Waals surface area contributed by atoms with Crippen molar-refractivity contribution in [3.63, 3.8) is 0 Å². The summed E-state index contributed by atoms with van der Waals surface area (Å²) in [5, 5.41) is 0. The molecule has 0 aromatic heterocycles. The van der Waals surface area contributed by atoms with Gasteiger partial charge in [0.25, 0.3) is 0 Å². The van der Waals surface area contributed by atoms with E-state index in [-0.39, 0.29) is 6.10 Å². The quantitative estimate of drug-likeness (QED) is 0.574. The van der Waals surface area contributed by atoms with Gasteiger partial charge in [-0.2, -0.15) is 0 Å². The van der Waals surface area contributed by atoms with Crippen molar-refractivity contribution in [1.82, 2.24) is 0 Å². The molecule has 0 aliphatic rings. The molecule has 2 heteroatoms. The number of rotatable bonds is 6. The first-order valence-electron chi connectivity index (χ1n) is 4.58. The molecule has 0 bridgehead atoms. The lowest BCUT2D eigenvalue weighted by molar-refractivity contribution is -0.110. The molecule has 0 fully saturated rings. The summed E-state index contributed by atoms with van der Waals surface area (Å²) in [7, 11) is 1.67. The second kappa shape index (κ2) is 6.18. The predicted molar refractivity (Wildman–Crippen MR) is 50.1 cm³/mol. The van der Waals surface area contributed by atoms with Crippen LogP contribution in [0.25, 0.3) is 0 Å². The first kappa shape index (κ1) is 11.6. The molecule has 0 spiro atoms. The number of aldehydes is 1. The van der Waals surface area contributed by atoms with Crippen molar-refractivity contribution in [2.24, 2.45) is 11.8 Å². The molecule has 0 aliphatic heterocycles. The van der Waals surface area contributed by atoms with Crippen LogP contribution >= 0.6 is 0 Å². The van der Waals surface area contributed by atoms with Gasteiger partial charge < -0.3 is 9.53 Å². The van der Waals surface area contributed by atoms with Crippen LogP contribution in [-0.2, 0) is 9.53 Å². The molecule has 0 saturated heterocycles. The normalized spacial score (nSPS) is 16.1. The van der Waals surface area contributed by atoms with Gasteiger partial charge in [0.2, 0.25) is 0 Å². The third-order valence-corrected chi connectivity index (χ3v) is 2.47. The van der Waals surface area contributed by atoms with E-state index in [9.17, 15) is 4.79 Å². The van der Waals surface area contributed by atoms with Gasteiger partial charge in [-0.05, 0) is 18.3 Å². The van der Waals surface area contributed by atoms with Gasteiger partial charge in [-0.15, -0.1) is 0 Å². The van der Waals surface area contributed by atoms with Crippen LogP contribution in [0.3, 0.4) is 0 Å². The zero-order valence-electron chi connectivity index (χ0n) is 8.54. The summed E-state index contributed by atoms with van der Waals surface area (Å²) in [6.45, 7) is 6.58. The standard InChI is InChI=1S/C10H20O2/c1-8(2)9(3)7-10(12-4)5-6-11/h6,8-10H,5,7H2,1-4H3. The van der Waals surface area contributed by atoms with Crippen molar-refractivity contribution in [3.05, 3.63) is 0 Å². The van der Waals surface area contributed by atoms with E-state index in [1.807, 2.05) is 0 Å². The lowest BCUT2D eigenvalue weighted by atomic mass is 9.91. The minimum absolute atomic E-state index is 0.111. The smallest absolute Gasteiger partial charge is 0.122 e. The highest BCUT2D eigenvalue weighted by Gasteiger charge is 2.14. The maximum absolute atomic E-state index is 10.2. The largest absolute Gasteiger partial charge is 0.381 e. The summed E-state index contributed by atoms with van der Waals surface area (Å²) < 4.78 is 5.18. The summed E-state index contributed by atoms with van der Waals surface area (Å²) in [6, 6.07) is 0. The maximum Gasteiger partial charge on any atom is 0.122 e. The van der Waals surface area contributed by atoms with Crippen molar-refractivity contribution in [2.75, 3.05) is 7.11 Å². The first-order chi connectivity index (χ1) is 5.61. The highest BCUT2D eigenvalue weighted by molar-refractivity contribution is 5.50. The molecule has 0 heterocycles.